The Morgan fingerprint density at radius 2 is 2.30 bits per heavy atom. The summed E-state index contributed by atoms with van der Waals surface area (Å²) < 4.78 is 0. The van der Waals surface area contributed by atoms with Crippen LogP contribution in [0, 0.1) is 17.2 Å². The van der Waals surface area contributed by atoms with Gasteiger partial charge in [-0.15, -0.1) is 0 Å². The summed E-state index contributed by atoms with van der Waals surface area (Å²) in [5.41, 5.74) is 0.0198. The quantitative estimate of drug-likeness (QED) is 0.881. The zero-order valence-electron chi connectivity index (χ0n) is 11.6. The molecule has 0 radical (unpaired) electrons. The Bertz CT molecular complexity index is 528. The predicted octanol–water partition coefficient (Wildman–Crippen LogP) is 2.79. The monoisotopic (exact) mass is 273 g/mol. The lowest BCUT2D eigenvalue weighted by atomic mass is 9.75. The number of aliphatic carboxylic acids is 1. The minimum absolute atomic E-state index is 0.290. The van der Waals surface area contributed by atoms with Crippen molar-refractivity contribution in [2.24, 2.45) is 5.92 Å². The molecule has 0 spiro atoms. The number of nitrogens with zero attached hydrogens (tertiary/aromatic N) is 2. The van der Waals surface area contributed by atoms with Gasteiger partial charge in [0.15, 0.2) is 0 Å². The van der Waals surface area contributed by atoms with Crippen LogP contribution in [0.25, 0.3) is 0 Å². The number of carboxylic acid groups (broad SMARTS) is 1. The molecule has 0 amide bonds. The molecule has 0 saturated heterocycles. The molecule has 1 aliphatic rings. The predicted molar refractivity (Wildman–Crippen MR) is 75.2 cm³/mol. The fourth-order valence-corrected chi connectivity index (χ4v) is 2.82. The van der Waals surface area contributed by atoms with Crippen LogP contribution in [0.1, 0.15) is 44.7 Å². The third kappa shape index (κ3) is 2.90. The van der Waals surface area contributed by atoms with E-state index in [0.717, 1.165) is 19.3 Å². The van der Waals surface area contributed by atoms with E-state index >= 15 is 0 Å². The van der Waals surface area contributed by atoms with E-state index in [0.29, 0.717) is 24.4 Å². The molecule has 0 aliphatic heterocycles. The molecule has 5 heteroatoms. The Hall–Kier alpha value is -2.09. The van der Waals surface area contributed by atoms with Crippen LogP contribution in [-0.2, 0) is 4.79 Å². The highest BCUT2D eigenvalue weighted by Gasteiger charge is 2.41. The summed E-state index contributed by atoms with van der Waals surface area (Å²) in [4.78, 5) is 15.6. The minimum Gasteiger partial charge on any atom is -0.480 e. The maximum absolute atomic E-state index is 11.7. The summed E-state index contributed by atoms with van der Waals surface area (Å²) in [5, 5.41) is 21.6. The summed E-state index contributed by atoms with van der Waals surface area (Å²) >= 11 is 0. The molecule has 1 saturated carbocycles. The Balaban J connectivity index is 2.18. The van der Waals surface area contributed by atoms with Crippen molar-refractivity contribution in [2.75, 3.05) is 5.32 Å². The van der Waals surface area contributed by atoms with Crippen molar-refractivity contribution in [2.45, 2.75) is 44.6 Å². The summed E-state index contributed by atoms with van der Waals surface area (Å²) in [5.74, 6) is -0.196. The Morgan fingerprint density at radius 1 is 1.60 bits per heavy atom. The lowest BCUT2D eigenvalue weighted by Gasteiger charge is -2.38. The van der Waals surface area contributed by atoms with Crippen molar-refractivity contribution in [3.63, 3.8) is 0 Å². The van der Waals surface area contributed by atoms with Gasteiger partial charge in [0, 0.05) is 11.9 Å². The normalized spacial score (nSPS) is 25.7. The van der Waals surface area contributed by atoms with Gasteiger partial charge in [-0.3, -0.25) is 0 Å². The Labute approximate surface area is 118 Å². The first kappa shape index (κ1) is 14.3. The second-order valence-electron chi connectivity index (χ2n) is 5.41. The van der Waals surface area contributed by atoms with Crippen LogP contribution in [0.3, 0.4) is 0 Å². The number of pyridine rings is 1. The van der Waals surface area contributed by atoms with Gasteiger partial charge in [-0.05, 0) is 43.7 Å². The first-order valence-electron chi connectivity index (χ1n) is 6.97. The van der Waals surface area contributed by atoms with Crippen molar-refractivity contribution >= 4 is 11.7 Å². The average Bonchev–Trinajstić information content (AvgIpc) is 2.48. The summed E-state index contributed by atoms with van der Waals surface area (Å²) in [7, 11) is 0. The maximum Gasteiger partial charge on any atom is 0.329 e. The fourth-order valence-electron chi connectivity index (χ4n) is 2.82. The largest absolute Gasteiger partial charge is 0.480 e. The van der Waals surface area contributed by atoms with Crippen molar-refractivity contribution < 1.29 is 9.90 Å². The van der Waals surface area contributed by atoms with Gasteiger partial charge in [0.1, 0.15) is 17.3 Å². The molecule has 1 aliphatic carbocycles. The molecule has 1 aromatic heterocycles. The Kier molecular flexibility index (Phi) is 4.23. The highest BCUT2D eigenvalue weighted by Crippen LogP contribution is 2.36. The molecule has 0 unspecified atom stereocenters. The number of carboxylic acids is 1. The van der Waals surface area contributed by atoms with Crippen molar-refractivity contribution in [1.82, 2.24) is 4.98 Å². The molecular formula is C15H19N3O2. The van der Waals surface area contributed by atoms with E-state index in [1.165, 1.54) is 6.20 Å². The van der Waals surface area contributed by atoms with E-state index in [-0.39, 0.29) is 5.69 Å². The zero-order valence-corrected chi connectivity index (χ0v) is 11.6. The van der Waals surface area contributed by atoms with Crippen LogP contribution in [-0.4, -0.2) is 21.6 Å². The van der Waals surface area contributed by atoms with Crippen molar-refractivity contribution in [1.29, 1.82) is 5.26 Å². The number of anilines is 1. The van der Waals surface area contributed by atoms with Crippen LogP contribution >= 0.6 is 0 Å². The standard InChI is InChI=1S/C15H19N3O2/c1-2-11-3-6-15(7-4-11,14(19)20)18-12-5-8-17-13(9-12)10-16/h5,8-9,11H,2-4,6-7H2,1H3,(H,17,18)(H,19,20). The number of rotatable bonds is 4. The van der Waals surface area contributed by atoms with Gasteiger partial charge in [-0.1, -0.05) is 13.3 Å². The van der Waals surface area contributed by atoms with Gasteiger partial charge in [-0.25, -0.2) is 9.78 Å². The second kappa shape index (κ2) is 5.91. The minimum atomic E-state index is -0.917. The second-order valence-corrected chi connectivity index (χ2v) is 5.41. The molecule has 106 valence electrons. The fraction of sp³-hybridized carbons (Fsp3) is 0.533. The van der Waals surface area contributed by atoms with E-state index in [1.807, 2.05) is 6.07 Å². The van der Waals surface area contributed by atoms with Gasteiger partial charge >= 0.3 is 5.97 Å². The van der Waals surface area contributed by atoms with Crippen LogP contribution in [0.15, 0.2) is 18.3 Å². The van der Waals surface area contributed by atoms with E-state index in [1.54, 1.807) is 12.1 Å². The van der Waals surface area contributed by atoms with Gasteiger partial charge in [0.25, 0.3) is 0 Å². The smallest absolute Gasteiger partial charge is 0.329 e. The van der Waals surface area contributed by atoms with E-state index < -0.39 is 11.5 Å². The van der Waals surface area contributed by atoms with Gasteiger partial charge in [-0.2, -0.15) is 5.26 Å². The number of hydrogen-bond donors (Lipinski definition) is 2. The molecule has 1 heterocycles. The van der Waals surface area contributed by atoms with Gasteiger partial charge < -0.3 is 10.4 Å². The number of nitriles is 1. The van der Waals surface area contributed by atoms with E-state index in [4.69, 9.17) is 5.26 Å². The molecular weight excluding hydrogens is 254 g/mol. The van der Waals surface area contributed by atoms with Crippen LogP contribution < -0.4 is 5.32 Å². The molecule has 0 atom stereocenters. The topological polar surface area (TPSA) is 86.0 Å². The summed E-state index contributed by atoms with van der Waals surface area (Å²) in [6, 6.07) is 5.26. The highest BCUT2D eigenvalue weighted by molar-refractivity contribution is 5.83. The third-order valence-corrected chi connectivity index (χ3v) is 4.20. The number of hydrogen-bond acceptors (Lipinski definition) is 4. The third-order valence-electron chi connectivity index (χ3n) is 4.20. The molecule has 20 heavy (non-hydrogen) atoms. The van der Waals surface area contributed by atoms with Crippen molar-refractivity contribution in [3.05, 3.63) is 24.0 Å². The van der Waals surface area contributed by atoms with Crippen LogP contribution in [0.2, 0.25) is 0 Å². The number of carbonyl (C=O) groups is 1. The van der Waals surface area contributed by atoms with E-state index in [9.17, 15) is 9.90 Å². The Morgan fingerprint density at radius 3 is 2.85 bits per heavy atom. The first-order chi connectivity index (χ1) is 9.59. The maximum atomic E-state index is 11.7. The molecule has 5 nitrogen and oxygen atoms in total. The molecule has 1 aromatic rings. The van der Waals surface area contributed by atoms with Gasteiger partial charge in [0.05, 0.1) is 0 Å². The lowest BCUT2D eigenvalue weighted by Crippen LogP contribution is -2.49. The van der Waals surface area contributed by atoms with Crippen LogP contribution in [0.5, 0.6) is 0 Å². The average molecular weight is 273 g/mol. The van der Waals surface area contributed by atoms with Crippen molar-refractivity contribution in [3.8, 4) is 6.07 Å². The lowest BCUT2D eigenvalue weighted by molar-refractivity contribution is -0.143. The first-order valence-corrected chi connectivity index (χ1v) is 6.97. The van der Waals surface area contributed by atoms with E-state index in [2.05, 4.69) is 17.2 Å². The van der Waals surface area contributed by atoms with Gasteiger partial charge in [0.2, 0.25) is 0 Å². The summed E-state index contributed by atoms with van der Waals surface area (Å²) in [6.07, 6.45) is 5.70. The zero-order chi connectivity index (χ0) is 14.6. The number of aromatic nitrogens is 1. The molecule has 0 bridgehead atoms. The SMILES string of the molecule is CCC1CCC(Nc2ccnc(C#N)c2)(C(=O)O)CC1. The molecule has 2 rings (SSSR count). The van der Waals surface area contributed by atoms with Crippen LogP contribution in [0.4, 0.5) is 5.69 Å². The summed E-state index contributed by atoms with van der Waals surface area (Å²) in [6.45, 7) is 2.15. The molecule has 1 fully saturated rings. The highest BCUT2D eigenvalue weighted by atomic mass is 16.4. The number of nitrogens with one attached hydrogen (secondary N) is 1. The molecule has 2 N–H and O–H groups in total. The molecule has 0 aromatic carbocycles.